The number of rotatable bonds is 1. The highest BCUT2D eigenvalue weighted by molar-refractivity contribution is 9.10. The summed E-state index contributed by atoms with van der Waals surface area (Å²) in [6.07, 6.45) is 1.44. The SMILES string of the molecule is COC(=O)c1cc(Cl)cnc1Br. The summed E-state index contributed by atoms with van der Waals surface area (Å²) in [4.78, 5) is 14.9. The number of halogens is 2. The normalized spacial score (nSPS) is 9.58. The molecule has 1 rings (SSSR count). The van der Waals surface area contributed by atoms with Gasteiger partial charge in [-0.3, -0.25) is 0 Å². The minimum Gasteiger partial charge on any atom is -0.465 e. The van der Waals surface area contributed by atoms with Crippen LogP contribution in [0, 0.1) is 0 Å². The Balaban J connectivity index is 3.13. The largest absolute Gasteiger partial charge is 0.465 e. The average Bonchev–Trinajstić information content (AvgIpc) is 2.08. The minimum absolute atomic E-state index is 0.324. The monoisotopic (exact) mass is 249 g/mol. The van der Waals surface area contributed by atoms with Crippen LogP contribution in [0.3, 0.4) is 0 Å². The zero-order valence-electron chi connectivity index (χ0n) is 6.17. The Hall–Kier alpha value is -0.610. The van der Waals surface area contributed by atoms with Crippen LogP contribution in [0.1, 0.15) is 10.4 Å². The number of pyridine rings is 1. The third-order valence-electron chi connectivity index (χ3n) is 1.21. The van der Waals surface area contributed by atoms with Gasteiger partial charge in [0.15, 0.2) is 0 Å². The van der Waals surface area contributed by atoms with Gasteiger partial charge in [-0.05, 0) is 22.0 Å². The molecule has 0 aliphatic rings. The van der Waals surface area contributed by atoms with Crippen LogP contribution in [0.4, 0.5) is 0 Å². The van der Waals surface area contributed by atoms with Gasteiger partial charge in [0.2, 0.25) is 0 Å². The van der Waals surface area contributed by atoms with Gasteiger partial charge in [-0.2, -0.15) is 0 Å². The van der Waals surface area contributed by atoms with Crippen molar-refractivity contribution in [2.24, 2.45) is 0 Å². The Labute approximate surface area is 82.8 Å². The fourth-order valence-corrected chi connectivity index (χ4v) is 1.21. The molecule has 64 valence electrons. The van der Waals surface area contributed by atoms with E-state index in [0.717, 1.165) is 0 Å². The van der Waals surface area contributed by atoms with E-state index in [-0.39, 0.29) is 0 Å². The molecule has 1 heterocycles. The quantitative estimate of drug-likeness (QED) is 0.567. The predicted octanol–water partition coefficient (Wildman–Crippen LogP) is 2.28. The molecule has 0 saturated heterocycles. The molecule has 1 aromatic heterocycles. The van der Waals surface area contributed by atoms with E-state index in [1.807, 2.05) is 0 Å². The maximum absolute atomic E-state index is 11.0. The third kappa shape index (κ3) is 1.95. The lowest BCUT2D eigenvalue weighted by atomic mass is 10.3. The molecule has 0 N–H and O–H groups in total. The van der Waals surface area contributed by atoms with E-state index in [1.54, 1.807) is 0 Å². The van der Waals surface area contributed by atoms with Crippen molar-refractivity contribution in [3.05, 3.63) is 27.5 Å². The first-order chi connectivity index (χ1) is 5.65. The fraction of sp³-hybridized carbons (Fsp3) is 0.143. The maximum Gasteiger partial charge on any atom is 0.340 e. The molecule has 0 aromatic carbocycles. The molecule has 0 amide bonds. The number of nitrogens with zero attached hydrogens (tertiary/aromatic N) is 1. The van der Waals surface area contributed by atoms with Gasteiger partial charge in [0.1, 0.15) is 4.60 Å². The lowest BCUT2D eigenvalue weighted by molar-refractivity contribution is 0.0599. The number of aromatic nitrogens is 1. The first kappa shape index (κ1) is 9.48. The second-order valence-electron chi connectivity index (χ2n) is 1.98. The fourth-order valence-electron chi connectivity index (χ4n) is 0.676. The zero-order valence-corrected chi connectivity index (χ0v) is 8.52. The average molecular weight is 250 g/mol. The Kier molecular flexibility index (Phi) is 3.05. The summed E-state index contributed by atoms with van der Waals surface area (Å²) in [6.45, 7) is 0. The summed E-state index contributed by atoms with van der Waals surface area (Å²) in [6, 6.07) is 1.49. The second-order valence-corrected chi connectivity index (χ2v) is 3.17. The Morgan fingerprint density at radius 3 is 3.00 bits per heavy atom. The summed E-state index contributed by atoms with van der Waals surface area (Å²) >= 11 is 8.73. The van der Waals surface area contributed by atoms with Crippen LogP contribution < -0.4 is 0 Å². The Morgan fingerprint density at radius 2 is 2.42 bits per heavy atom. The first-order valence-electron chi connectivity index (χ1n) is 3.04. The number of ether oxygens (including phenoxy) is 1. The van der Waals surface area contributed by atoms with Crippen LogP contribution >= 0.6 is 27.5 Å². The summed E-state index contributed by atoms with van der Waals surface area (Å²) in [5.74, 6) is -0.461. The van der Waals surface area contributed by atoms with Crippen molar-refractivity contribution in [3.8, 4) is 0 Å². The van der Waals surface area contributed by atoms with Crippen molar-refractivity contribution in [2.75, 3.05) is 7.11 Å². The molecule has 1 aromatic rings. The number of carbonyl (C=O) groups is 1. The predicted molar refractivity (Wildman–Crippen MR) is 48.3 cm³/mol. The highest BCUT2D eigenvalue weighted by Gasteiger charge is 2.11. The second kappa shape index (κ2) is 3.87. The smallest absolute Gasteiger partial charge is 0.340 e. The summed E-state index contributed by atoms with van der Waals surface area (Å²) in [7, 11) is 1.30. The van der Waals surface area contributed by atoms with Gasteiger partial charge in [0.25, 0.3) is 0 Å². The van der Waals surface area contributed by atoms with Crippen molar-refractivity contribution in [1.82, 2.24) is 4.98 Å². The van der Waals surface area contributed by atoms with Crippen molar-refractivity contribution in [3.63, 3.8) is 0 Å². The van der Waals surface area contributed by atoms with Crippen LogP contribution in [-0.2, 0) is 4.74 Å². The van der Waals surface area contributed by atoms with Crippen molar-refractivity contribution in [2.45, 2.75) is 0 Å². The summed E-state index contributed by atoms with van der Waals surface area (Å²) < 4.78 is 4.93. The number of hydrogen-bond acceptors (Lipinski definition) is 3. The van der Waals surface area contributed by atoms with Crippen LogP contribution in [0.5, 0.6) is 0 Å². The van der Waals surface area contributed by atoms with E-state index in [1.165, 1.54) is 19.4 Å². The third-order valence-corrected chi connectivity index (χ3v) is 2.05. The van der Waals surface area contributed by atoms with Crippen molar-refractivity contribution >= 4 is 33.5 Å². The summed E-state index contributed by atoms with van der Waals surface area (Å²) in [5.41, 5.74) is 0.324. The van der Waals surface area contributed by atoms with Crippen molar-refractivity contribution in [1.29, 1.82) is 0 Å². The van der Waals surface area contributed by atoms with Gasteiger partial charge in [-0.1, -0.05) is 11.6 Å². The van der Waals surface area contributed by atoms with E-state index in [4.69, 9.17) is 11.6 Å². The molecule has 0 saturated carbocycles. The lowest BCUT2D eigenvalue weighted by Crippen LogP contribution is -2.03. The number of hydrogen-bond donors (Lipinski definition) is 0. The zero-order chi connectivity index (χ0) is 9.14. The van der Waals surface area contributed by atoms with Gasteiger partial charge in [0, 0.05) is 6.20 Å². The van der Waals surface area contributed by atoms with Gasteiger partial charge >= 0.3 is 5.97 Å². The van der Waals surface area contributed by atoms with Crippen molar-refractivity contribution < 1.29 is 9.53 Å². The van der Waals surface area contributed by atoms with Gasteiger partial charge in [-0.25, -0.2) is 9.78 Å². The first-order valence-corrected chi connectivity index (χ1v) is 4.21. The highest BCUT2D eigenvalue weighted by atomic mass is 79.9. The topological polar surface area (TPSA) is 39.2 Å². The molecule has 0 bridgehead atoms. The molecular weight excluding hydrogens is 245 g/mol. The van der Waals surface area contributed by atoms with E-state index in [2.05, 4.69) is 25.7 Å². The Bertz CT molecular complexity index is 316. The van der Waals surface area contributed by atoms with Crippen LogP contribution in [-0.4, -0.2) is 18.1 Å². The molecule has 0 aliphatic heterocycles. The number of esters is 1. The molecule has 0 fully saturated rings. The highest BCUT2D eigenvalue weighted by Crippen LogP contribution is 2.18. The molecule has 0 radical (unpaired) electrons. The van der Waals surface area contributed by atoms with Crippen LogP contribution in [0.15, 0.2) is 16.9 Å². The van der Waals surface area contributed by atoms with Gasteiger partial charge in [0.05, 0.1) is 17.7 Å². The van der Waals surface area contributed by atoms with E-state index >= 15 is 0 Å². The molecule has 3 nitrogen and oxygen atoms in total. The molecule has 0 atom stereocenters. The minimum atomic E-state index is -0.461. The Morgan fingerprint density at radius 1 is 1.75 bits per heavy atom. The summed E-state index contributed by atoms with van der Waals surface area (Å²) in [5, 5.41) is 0.401. The molecular formula is C7H5BrClNO2. The molecule has 5 heteroatoms. The van der Waals surface area contributed by atoms with Crippen LogP contribution in [0.25, 0.3) is 0 Å². The van der Waals surface area contributed by atoms with Gasteiger partial charge < -0.3 is 4.74 Å². The lowest BCUT2D eigenvalue weighted by Gasteiger charge is -2.00. The number of methoxy groups -OCH3 is 1. The maximum atomic E-state index is 11.0. The van der Waals surface area contributed by atoms with E-state index in [9.17, 15) is 4.79 Å². The van der Waals surface area contributed by atoms with E-state index in [0.29, 0.717) is 15.2 Å². The number of carbonyl (C=O) groups excluding carboxylic acids is 1. The standard InChI is InChI=1S/C7H5BrClNO2/c1-12-7(11)5-2-4(9)3-10-6(5)8/h2-3H,1H3. The molecule has 0 spiro atoms. The van der Waals surface area contributed by atoms with Crippen LogP contribution in [0.2, 0.25) is 5.02 Å². The van der Waals surface area contributed by atoms with E-state index < -0.39 is 5.97 Å². The molecule has 0 unspecified atom stereocenters. The molecule has 12 heavy (non-hydrogen) atoms. The van der Waals surface area contributed by atoms with Gasteiger partial charge in [-0.15, -0.1) is 0 Å². The molecule has 0 aliphatic carbocycles.